The third-order valence-electron chi connectivity index (χ3n) is 16.3. The zero-order chi connectivity index (χ0) is 48.6. The molecule has 4 heterocycles. The topological polar surface area (TPSA) is 43.6 Å². The van der Waals surface area contributed by atoms with Crippen molar-refractivity contribution in [2.24, 2.45) is 11.3 Å². The molecule has 346 valence electrons. The standard InChI is InChI=1S/C68H54N4/c1-44-37-47(30-32-53(44)51-42-61(59-27-12-15-35-69-59)71-62(43-51)60-28-13-16-36-70-60)54-24-18-29-64-65(54)56-41-48(55-23-17-26-57-66(55)58-25-11-14-34-68(58,4)67(57,2)3)31-33-63(56)72(64)52-39-49(45-19-7-5-8-20-45)38-50(40-52)46-21-9-6-10-22-46/h5-33,35-44,53H,34H2,1-4H3. The molecule has 0 radical (unpaired) electrons. The van der Waals surface area contributed by atoms with Gasteiger partial charge in [0.05, 0.1) is 33.8 Å². The van der Waals surface area contributed by atoms with Gasteiger partial charge < -0.3 is 4.57 Å². The lowest BCUT2D eigenvalue weighted by atomic mass is 9.63. The van der Waals surface area contributed by atoms with Crippen molar-refractivity contribution >= 4 is 33.0 Å². The SMILES string of the molecule is CC1C=C(c2cccc3c2c2cc(-c4cccc5c4C4=CC=CCC4(C)C5(C)C)ccc2n3-c2cc(-c3ccccc3)cc(-c3ccccc3)c2)C=CC1c1cc(-c2ccccn2)nc(-c2ccccn2)c1. The smallest absolute Gasteiger partial charge is 0.0897 e. The molecule has 3 unspecified atom stereocenters. The van der Waals surface area contributed by atoms with Gasteiger partial charge in [-0.1, -0.05) is 173 Å². The minimum absolute atomic E-state index is 0.0122. The number of fused-ring (bicyclic) bond motifs is 6. The summed E-state index contributed by atoms with van der Waals surface area (Å²) in [6.45, 7) is 9.69. The van der Waals surface area contributed by atoms with Gasteiger partial charge in [-0.15, -0.1) is 0 Å². The fourth-order valence-corrected chi connectivity index (χ4v) is 12.2. The van der Waals surface area contributed by atoms with Crippen molar-refractivity contribution in [1.29, 1.82) is 0 Å². The fourth-order valence-electron chi connectivity index (χ4n) is 12.2. The van der Waals surface area contributed by atoms with Crippen LogP contribution in [0.25, 0.3) is 94.8 Å². The number of hydrogen-bond acceptors (Lipinski definition) is 3. The Bertz CT molecular complexity index is 3760. The van der Waals surface area contributed by atoms with Gasteiger partial charge in [0.1, 0.15) is 0 Å². The van der Waals surface area contributed by atoms with Gasteiger partial charge in [0.2, 0.25) is 0 Å². The van der Waals surface area contributed by atoms with Crippen LogP contribution in [-0.2, 0) is 5.41 Å². The highest BCUT2D eigenvalue weighted by atomic mass is 15.0. The Morgan fingerprint density at radius 3 is 1.86 bits per heavy atom. The van der Waals surface area contributed by atoms with E-state index in [9.17, 15) is 0 Å². The van der Waals surface area contributed by atoms with Crippen LogP contribution in [-0.4, -0.2) is 19.5 Å². The number of pyridine rings is 3. The molecule has 0 N–H and O–H groups in total. The molecule has 10 aromatic rings. The quantitative estimate of drug-likeness (QED) is 0.152. The van der Waals surface area contributed by atoms with E-state index in [1.54, 1.807) is 0 Å². The van der Waals surface area contributed by atoms with Crippen LogP contribution in [0.2, 0.25) is 0 Å². The van der Waals surface area contributed by atoms with Crippen molar-refractivity contribution in [2.45, 2.75) is 45.4 Å². The summed E-state index contributed by atoms with van der Waals surface area (Å²) in [6, 6.07) is 66.2. The molecular weight excluding hydrogens is 873 g/mol. The van der Waals surface area contributed by atoms with Crippen LogP contribution in [0.15, 0.2) is 231 Å². The molecule has 6 aromatic carbocycles. The Morgan fingerprint density at radius 2 is 1.21 bits per heavy atom. The van der Waals surface area contributed by atoms with E-state index in [0.717, 1.165) is 34.9 Å². The molecule has 3 atom stereocenters. The monoisotopic (exact) mass is 926 g/mol. The first kappa shape index (κ1) is 43.5. The summed E-state index contributed by atoms with van der Waals surface area (Å²) in [5, 5.41) is 2.48. The molecule has 4 nitrogen and oxygen atoms in total. The van der Waals surface area contributed by atoms with E-state index in [1.165, 1.54) is 88.6 Å². The van der Waals surface area contributed by atoms with Crippen LogP contribution in [0.3, 0.4) is 0 Å². The van der Waals surface area contributed by atoms with Crippen LogP contribution in [0, 0.1) is 11.3 Å². The van der Waals surface area contributed by atoms with Gasteiger partial charge in [-0.3, -0.25) is 9.97 Å². The third kappa shape index (κ3) is 7.07. The number of allylic oxidation sites excluding steroid dienone is 8. The van der Waals surface area contributed by atoms with Gasteiger partial charge in [0, 0.05) is 45.6 Å². The molecule has 4 aromatic heterocycles. The average Bonchev–Trinajstić information content (AvgIpc) is 3.86. The van der Waals surface area contributed by atoms with Gasteiger partial charge in [-0.05, 0) is 152 Å². The van der Waals surface area contributed by atoms with Gasteiger partial charge in [-0.2, -0.15) is 0 Å². The van der Waals surface area contributed by atoms with E-state index >= 15 is 0 Å². The van der Waals surface area contributed by atoms with Gasteiger partial charge in [0.25, 0.3) is 0 Å². The Labute approximate surface area is 422 Å². The van der Waals surface area contributed by atoms with E-state index in [0.29, 0.717) is 0 Å². The average molecular weight is 927 g/mol. The molecule has 0 fully saturated rings. The summed E-state index contributed by atoms with van der Waals surface area (Å²) >= 11 is 0. The van der Waals surface area contributed by atoms with E-state index in [1.807, 2.05) is 48.8 Å². The molecule has 3 aliphatic carbocycles. The van der Waals surface area contributed by atoms with E-state index in [-0.39, 0.29) is 22.7 Å². The lowest BCUT2D eigenvalue weighted by Crippen LogP contribution is -2.34. The summed E-state index contributed by atoms with van der Waals surface area (Å²) in [5.74, 6) is 0.295. The third-order valence-corrected chi connectivity index (χ3v) is 16.3. The second-order valence-electron chi connectivity index (χ2n) is 20.6. The summed E-state index contributed by atoms with van der Waals surface area (Å²) in [4.78, 5) is 14.5. The number of nitrogens with zero attached hydrogens (tertiary/aromatic N) is 4. The van der Waals surface area contributed by atoms with E-state index < -0.39 is 0 Å². The highest BCUT2D eigenvalue weighted by Gasteiger charge is 2.52. The lowest BCUT2D eigenvalue weighted by Gasteiger charge is -2.40. The van der Waals surface area contributed by atoms with Crippen molar-refractivity contribution in [1.82, 2.24) is 19.5 Å². The Balaban J connectivity index is 1.01. The van der Waals surface area contributed by atoms with Gasteiger partial charge in [0.15, 0.2) is 0 Å². The van der Waals surface area contributed by atoms with Crippen molar-refractivity contribution in [3.05, 3.63) is 253 Å². The van der Waals surface area contributed by atoms with Crippen LogP contribution in [0.5, 0.6) is 0 Å². The second kappa shape index (κ2) is 17.1. The Hall–Kier alpha value is -8.47. The summed E-state index contributed by atoms with van der Waals surface area (Å²) in [5.41, 5.74) is 22.0. The lowest BCUT2D eigenvalue weighted by molar-refractivity contribution is 0.271. The number of rotatable bonds is 8. The van der Waals surface area contributed by atoms with Gasteiger partial charge >= 0.3 is 0 Å². The van der Waals surface area contributed by atoms with Crippen LogP contribution < -0.4 is 0 Å². The minimum atomic E-state index is -0.0208. The first-order valence-electron chi connectivity index (χ1n) is 25.3. The van der Waals surface area contributed by atoms with Crippen molar-refractivity contribution in [2.75, 3.05) is 0 Å². The van der Waals surface area contributed by atoms with Crippen LogP contribution in [0.4, 0.5) is 0 Å². The first-order valence-corrected chi connectivity index (χ1v) is 25.3. The highest BCUT2D eigenvalue weighted by molar-refractivity contribution is 6.16. The van der Waals surface area contributed by atoms with E-state index in [4.69, 9.17) is 15.0 Å². The van der Waals surface area contributed by atoms with Crippen molar-refractivity contribution in [3.8, 4) is 61.8 Å². The zero-order valence-corrected chi connectivity index (χ0v) is 41.1. The summed E-state index contributed by atoms with van der Waals surface area (Å²) in [6.07, 6.45) is 18.9. The molecule has 72 heavy (non-hydrogen) atoms. The number of hydrogen-bond donors (Lipinski definition) is 0. The predicted octanol–water partition coefficient (Wildman–Crippen LogP) is 17.3. The molecule has 0 saturated carbocycles. The van der Waals surface area contributed by atoms with Gasteiger partial charge in [-0.25, -0.2) is 4.98 Å². The summed E-state index contributed by atoms with van der Waals surface area (Å²) in [7, 11) is 0. The molecule has 0 aliphatic heterocycles. The minimum Gasteiger partial charge on any atom is -0.309 e. The van der Waals surface area contributed by atoms with E-state index in [2.05, 4.69) is 214 Å². The van der Waals surface area contributed by atoms with Crippen molar-refractivity contribution in [3.63, 3.8) is 0 Å². The van der Waals surface area contributed by atoms with Crippen LogP contribution >= 0.6 is 0 Å². The molecule has 3 aliphatic rings. The molecular formula is C68H54N4. The fraction of sp³-hybridized carbons (Fsp3) is 0.132. The van der Waals surface area contributed by atoms with Crippen molar-refractivity contribution < 1.29 is 0 Å². The number of aromatic nitrogens is 4. The number of benzene rings is 6. The summed E-state index contributed by atoms with van der Waals surface area (Å²) < 4.78 is 2.51. The van der Waals surface area contributed by atoms with Crippen LogP contribution in [0.1, 0.15) is 62.3 Å². The predicted molar refractivity (Wildman–Crippen MR) is 300 cm³/mol. The first-order chi connectivity index (χ1) is 35.2. The second-order valence-corrected chi connectivity index (χ2v) is 20.6. The molecule has 13 rings (SSSR count). The maximum absolute atomic E-state index is 5.10. The molecule has 0 spiro atoms. The molecule has 4 heteroatoms. The normalized spacial score (nSPS) is 18.7. The molecule has 0 amide bonds. The highest BCUT2D eigenvalue weighted by Crippen LogP contribution is 2.63. The maximum Gasteiger partial charge on any atom is 0.0897 e. The largest absolute Gasteiger partial charge is 0.309 e. The Morgan fingerprint density at radius 1 is 0.556 bits per heavy atom. The zero-order valence-electron chi connectivity index (χ0n) is 41.1. The molecule has 0 bridgehead atoms. The Kier molecular flexibility index (Phi) is 10.4. The maximum atomic E-state index is 5.10. The molecule has 0 saturated heterocycles.